The van der Waals surface area contributed by atoms with Crippen LogP contribution < -0.4 is 9.47 Å². The maximum absolute atomic E-state index is 13.0. The van der Waals surface area contributed by atoms with Gasteiger partial charge in [-0.15, -0.1) is 0 Å². The highest BCUT2D eigenvalue weighted by molar-refractivity contribution is 5.72. The van der Waals surface area contributed by atoms with Crippen LogP contribution in [-0.2, 0) is 21.4 Å². The maximum atomic E-state index is 13.0. The Morgan fingerprint density at radius 3 is 2.21 bits per heavy atom. The first-order valence-corrected chi connectivity index (χ1v) is 17.2. The monoisotopic (exact) mass is 581 g/mol. The SMILES string of the molecule is CCCCCCCCCCCCCCCCCC(=O)OC1=CC[C@@]2(O)[C@@H]3Cc4ccc(OC)c5c4[C@@]2(CCN3C)[C@H]1O5. The lowest BCUT2D eigenvalue weighted by atomic mass is 9.50. The second-order valence-electron chi connectivity index (χ2n) is 13.5. The van der Waals surface area contributed by atoms with Crippen LogP contribution in [0.2, 0.25) is 0 Å². The van der Waals surface area contributed by atoms with Gasteiger partial charge in [0, 0.05) is 24.4 Å². The van der Waals surface area contributed by atoms with Crippen LogP contribution in [0.1, 0.15) is 134 Å². The van der Waals surface area contributed by atoms with Crippen LogP contribution in [0.15, 0.2) is 24.0 Å². The Hall–Kier alpha value is -2.05. The lowest BCUT2D eigenvalue weighted by Gasteiger charge is -2.61. The van der Waals surface area contributed by atoms with Crippen LogP contribution in [0.4, 0.5) is 0 Å². The molecule has 1 fully saturated rings. The molecule has 2 heterocycles. The molecule has 6 heteroatoms. The van der Waals surface area contributed by atoms with E-state index in [-0.39, 0.29) is 12.0 Å². The van der Waals surface area contributed by atoms with Gasteiger partial charge in [-0.2, -0.15) is 0 Å². The van der Waals surface area contributed by atoms with Crippen molar-refractivity contribution in [2.24, 2.45) is 0 Å². The lowest BCUT2D eigenvalue weighted by Crippen LogP contribution is -2.74. The molecule has 0 unspecified atom stereocenters. The first-order chi connectivity index (χ1) is 20.5. The Morgan fingerprint density at radius 1 is 0.976 bits per heavy atom. The van der Waals surface area contributed by atoms with Gasteiger partial charge in [0.2, 0.25) is 0 Å². The minimum atomic E-state index is -0.973. The number of unbranched alkanes of at least 4 members (excludes halogenated alkanes) is 14. The molecule has 1 saturated heterocycles. The topological polar surface area (TPSA) is 68.2 Å². The molecule has 1 aromatic rings. The lowest BCUT2D eigenvalue weighted by molar-refractivity contribution is -0.169. The first-order valence-electron chi connectivity index (χ1n) is 17.2. The fourth-order valence-electron chi connectivity index (χ4n) is 8.41. The smallest absolute Gasteiger partial charge is 0.310 e. The standard InChI is InChI=1S/C36H55NO5/c1-4-5-6-7-8-9-10-11-12-13-14-15-16-17-18-19-31(38)41-29-22-23-36(39)30-26-27-20-21-28(40-3)33-32(27)35(36,34(29)42-33)24-25-37(30)2/h20-22,30,34,39H,4-19,23-26H2,1-3H3/t30-,34-,35-,36+/m0/s1. The van der Waals surface area contributed by atoms with Gasteiger partial charge in [0.1, 0.15) is 5.76 Å². The molecular formula is C36H55NO5. The molecule has 0 saturated carbocycles. The molecule has 2 aliphatic heterocycles. The number of likely N-dealkylation sites (N-methyl/N-ethyl adjacent to an activating group) is 1. The molecule has 42 heavy (non-hydrogen) atoms. The summed E-state index contributed by atoms with van der Waals surface area (Å²) < 4.78 is 18.3. The summed E-state index contributed by atoms with van der Waals surface area (Å²) in [6.07, 6.45) is 23.3. The Balaban J connectivity index is 1.06. The number of likely N-dealkylation sites (tertiary alicyclic amines) is 1. The second-order valence-corrected chi connectivity index (χ2v) is 13.5. The zero-order chi connectivity index (χ0) is 29.6. The molecule has 0 aromatic heterocycles. The molecular weight excluding hydrogens is 526 g/mol. The first kappa shape index (κ1) is 31.4. The molecule has 234 valence electrons. The van der Waals surface area contributed by atoms with Crippen molar-refractivity contribution >= 4 is 5.97 Å². The molecule has 5 rings (SSSR count). The van der Waals surface area contributed by atoms with Gasteiger partial charge >= 0.3 is 5.97 Å². The van der Waals surface area contributed by atoms with Crippen molar-refractivity contribution in [1.29, 1.82) is 0 Å². The summed E-state index contributed by atoms with van der Waals surface area (Å²) in [4.78, 5) is 15.3. The average Bonchev–Trinajstić information content (AvgIpc) is 3.34. The summed E-state index contributed by atoms with van der Waals surface area (Å²) >= 11 is 0. The number of hydrogen-bond acceptors (Lipinski definition) is 6. The highest BCUT2D eigenvalue weighted by Crippen LogP contribution is 2.65. The van der Waals surface area contributed by atoms with Crippen molar-refractivity contribution in [1.82, 2.24) is 4.90 Å². The van der Waals surface area contributed by atoms with Crippen molar-refractivity contribution in [3.05, 3.63) is 35.1 Å². The molecule has 4 aliphatic rings. The number of benzene rings is 1. The number of carbonyl (C=O) groups is 1. The maximum Gasteiger partial charge on any atom is 0.310 e. The summed E-state index contributed by atoms with van der Waals surface area (Å²) in [5, 5.41) is 12.3. The van der Waals surface area contributed by atoms with Crippen molar-refractivity contribution in [3.63, 3.8) is 0 Å². The summed E-state index contributed by atoms with van der Waals surface area (Å²) in [7, 11) is 3.76. The number of ether oxygens (including phenoxy) is 3. The van der Waals surface area contributed by atoms with Gasteiger partial charge in [-0.1, -0.05) is 103 Å². The number of nitrogens with zero attached hydrogens (tertiary/aromatic N) is 1. The van der Waals surface area contributed by atoms with Crippen molar-refractivity contribution < 1.29 is 24.1 Å². The fraction of sp³-hybridized carbons (Fsp3) is 0.750. The van der Waals surface area contributed by atoms with E-state index < -0.39 is 17.1 Å². The third-order valence-electron chi connectivity index (χ3n) is 10.8. The van der Waals surface area contributed by atoms with E-state index in [0.717, 1.165) is 37.8 Å². The van der Waals surface area contributed by atoms with E-state index in [1.54, 1.807) is 7.11 Å². The third-order valence-corrected chi connectivity index (χ3v) is 10.8. The van der Waals surface area contributed by atoms with Crippen LogP contribution in [0.25, 0.3) is 0 Å². The van der Waals surface area contributed by atoms with Crippen molar-refractivity contribution in [2.45, 2.75) is 152 Å². The zero-order valence-electron chi connectivity index (χ0n) is 26.6. The summed E-state index contributed by atoms with van der Waals surface area (Å²) in [5.41, 5.74) is 0.683. The third kappa shape index (κ3) is 6.00. The van der Waals surface area contributed by atoms with Crippen LogP contribution >= 0.6 is 0 Å². The molecule has 1 spiro atoms. The average molecular weight is 582 g/mol. The number of aliphatic hydroxyl groups is 1. The highest BCUT2D eigenvalue weighted by Gasteiger charge is 2.72. The Kier molecular flexibility index (Phi) is 10.6. The van der Waals surface area contributed by atoms with Crippen molar-refractivity contribution in [2.75, 3.05) is 20.7 Å². The van der Waals surface area contributed by atoms with E-state index >= 15 is 0 Å². The van der Waals surface area contributed by atoms with E-state index in [1.165, 1.54) is 89.0 Å². The normalized spacial score (nSPS) is 27.3. The van der Waals surface area contributed by atoms with E-state index in [9.17, 15) is 9.90 Å². The van der Waals surface area contributed by atoms with E-state index in [1.807, 2.05) is 12.1 Å². The predicted molar refractivity (Wildman–Crippen MR) is 167 cm³/mol. The Labute approximate surface area is 254 Å². The van der Waals surface area contributed by atoms with Gasteiger partial charge in [-0.3, -0.25) is 4.79 Å². The van der Waals surface area contributed by atoms with E-state index in [0.29, 0.717) is 30.1 Å². The summed E-state index contributed by atoms with van der Waals surface area (Å²) in [6, 6.07) is 4.09. The van der Waals surface area contributed by atoms with Crippen LogP contribution in [0.3, 0.4) is 0 Å². The van der Waals surface area contributed by atoms with Gasteiger partial charge in [-0.25, -0.2) is 0 Å². The molecule has 4 atom stereocenters. The predicted octanol–water partition coefficient (Wildman–Crippen LogP) is 7.78. The molecule has 2 aliphatic carbocycles. The number of hydrogen-bond donors (Lipinski definition) is 1. The van der Waals surface area contributed by atoms with Crippen molar-refractivity contribution in [3.8, 4) is 11.5 Å². The molecule has 2 bridgehead atoms. The number of piperidine rings is 1. The number of methoxy groups -OCH3 is 1. The van der Waals surface area contributed by atoms with Gasteiger partial charge in [0.15, 0.2) is 17.6 Å². The van der Waals surface area contributed by atoms with Gasteiger partial charge in [0.25, 0.3) is 0 Å². The minimum Gasteiger partial charge on any atom is -0.493 e. The highest BCUT2D eigenvalue weighted by atomic mass is 16.6. The van der Waals surface area contributed by atoms with Crippen LogP contribution in [0, 0.1) is 0 Å². The molecule has 0 radical (unpaired) electrons. The number of esters is 1. The Morgan fingerprint density at radius 2 is 1.60 bits per heavy atom. The summed E-state index contributed by atoms with van der Waals surface area (Å²) in [5.74, 6) is 1.78. The minimum absolute atomic E-state index is 0.00184. The van der Waals surface area contributed by atoms with Gasteiger partial charge < -0.3 is 24.2 Å². The molecule has 1 aromatic carbocycles. The van der Waals surface area contributed by atoms with Gasteiger partial charge in [0.05, 0.1) is 18.1 Å². The summed E-state index contributed by atoms with van der Waals surface area (Å²) in [6.45, 7) is 3.14. The van der Waals surface area contributed by atoms with E-state index in [4.69, 9.17) is 14.2 Å². The molecule has 0 amide bonds. The number of rotatable bonds is 18. The van der Waals surface area contributed by atoms with Gasteiger partial charge in [-0.05, 0) is 50.6 Å². The largest absolute Gasteiger partial charge is 0.493 e. The van der Waals surface area contributed by atoms with Crippen LogP contribution in [-0.4, -0.2) is 54.4 Å². The Bertz CT molecular complexity index is 1100. The van der Waals surface area contributed by atoms with E-state index in [2.05, 4.69) is 24.9 Å². The fourth-order valence-corrected chi connectivity index (χ4v) is 8.41. The zero-order valence-corrected chi connectivity index (χ0v) is 26.6. The number of carbonyl (C=O) groups excluding carboxylic acids is 1. The second kappa shape index (κ2) is 14.2. The van der Waals surface area contributed by atoms with Crippen LogP contribution in [0.5, 0.6) is 11.5 Å². The molecule has 1 N–H and O–H groups in total. The quantitative estimate of drug-likeness (QED) is 0.141. The molecule has 6 nitrogen and oxygen atoms in total.